The van der Waals surface area contributed by atoms with E-state index in [1.807, 2.05) is 12.1 Å². The van der Waals surface area contributed by atoms with Crippen LogP contribution in [0, 0.1) is 0 Å². The molecule has 2 aromatic rings. The summed E-state index contributed by atoms with van der Waals surface area (Å²) in [4.78, 5) is 34.6. The van der Waals surface area contributed by atoms with Gasteiger partial charge in [0.2, 0.25) is 5.78 Å². The molecule has 1 aliphatic rings. The lowest BCUT2D eigenvalue weighted by Crippen LogP contribution is -2.30. The fourth-order valence-corrected chi connectivity index (χ4v) is 2.62. The van der Waals surface area contributed by atoms with Crippen molar-refractivity contribution in [3.63, 3.8) is 0 Å². The van der Waals surface area contributed by atoms with Gasteiger partial charge < -0.3 is 24.6 Å². The van der Waals surface area contributed by atoms with Crippen molar-refractivity contribution < 1.29 is 33.7 Å². The second-order valence-corrected chi connectivity index (χ2v) is 6.15. The van der Waals surface area contributed by atoms with Crippen molar-refractivity contribution in [3.8, 4) is 17.2 Å². The molecule has 0 bridgehead atoms. The van der Waals surface area contributed by atoms with Crippen molar-refractivity contribution in [2.75, 3.05) is 20.3 Å². The third kappa shape index (κ3) is 5.13. The van der Waals surface area contributed by atoms with Crippen LogP contribution in [0.3, 0.4) is 0 Å². The number of carboxylic acids is 1. The summed E-state index contributed by atoms with van der Waals surface area (Å²) in [5, 5.41) is 11.0. The lowest BCUT2D eigenvalue weighted by atomic mass is 10.1. The highest BCUT2D eigenvalue weighted by atomic mass is 16.5. The molecule has 0 atom stereocenters. The molecule has 0 saturated heterocycles. The van der Waals surface area contributed by atoms with Gasteiger partial charge in [0, 0.05) is 12.6 Å². The lowest BCUT2D eigenvalue weighted by Gasteiger charge is -2.07. The van der Waals surface area contributed by atoms with Gasteiger partial charge in [0.05, 0.1) is 19.1 Å². The SMILES string of the molecule is COc1ccc(/C=C2/Oc3cc(OCC(=O)NCCC(=O)O)ccc3C2=O)cc1. The van der Waals surface area contributed by atoms with E-state index in [4.69, 9.17) is 19.3 Å². The number of hydrogen-bond acceptors (Lipinski definition) is 6. The number of fused-ring (bicyclic) bond motifs is 1. The summed E-state index contributed by atoms with van der Waals surface area (Å²) >= 11 is 0. The molecule has 0 fully saturated rings. The van der Waals surface area contributed by atoms with Crippen molar-refractivity contribution in [2.45, 2.75) is 6.42 Å². The van der Waals surface area contributed by atoms with Crippen LogP contribution in [0.5, 0.6) is 17.2 Å². The molecule has 0 unspecified atom stereocenters. The molecule has 150 valence electrons. The van der Waals surface area contributed by atoms with Crippen LogP contribution in [-0.2, 0) is 9.59 Å². The largest absolute Gasteiger partial charge is 0.497 e. The third-order valence-electron chi connectivity index (χ3n) is 4.09. The number of carbonyl (C=O) groups excluding carboxylic acids is 2. The molecule has 8 nitrogen and oxygen atoms in total. The highest BCUT2D eigenvalue weighted by molar-refractivity contribution is 6.14. The fraction of sp³-hybridized carbons (Fsp3) is 0.190. The van der Waals surface area contributed by atoms with E-state index < -0.39 is 11.9 Å². The number of allylic oxidation sites excluding steroid dienone is 1. The van der Waals surface area contributed by atoms with Crippen molar-refractivity contribution in [1.29, 1.82) is 0 Å². The average Bonchev–Trinajstić information content (AvgIpc) is 3.01. The molecule has 1 amide bonds. The first-order chi connectivity index (χ1) is 14.0. The van der Waals surface area contributed by atoms with Gasteiger partial charge in [-0.15, -0.1) is 0 Å². The highest BCUT2D eigenvalue weighted by Gasteiger charge is 2.27. The molecule has 2 aromatic carbocycles. The van der Waals surface area contributed by atoms with E-state index in [2.05, 4.69) is 5.32 Å². The molecular formula is C21H19NO7. The molecule has 0 saturated carbocycles. The van der Waals surface area contributed by atoms with Gasteiger partial charge in [0.25, 0.3) is 5.91 Å². The minimum absolute atomic E-state index is 0.0266. The van der Waals surface area contributed by atoms with E-state index in [0.29, 0.717) is 22.8 Å². The van der Waals surface area contributed by atoms with Crippen LogP contribution in [-0.4, -0.2) is 43.0 Å². The Balaban J connectivity index is 1.62. The maximum absolute atomic E-state index is 12.5. The molecule has 0 radical (unpaired) electrons. The number of amides is 1. The Morgan fingerprint density at radius 2 is 1.86 bits per heavy atom. The van der Waals surface area contributed by atoms with Gasteiger partial charge >= 0.3 is 5.97 Å². The van der Waals surface area contributed by atoms with Crippen LogP contribution >= 0.6 is 0 Å². The molecule has 0 spiro atoms. The molecule has 3 rings (SSSR count). The molecule has 1 aliphatic heterocycles. The number of aliphatic carboxylic acids is 1. The van der Waals surface area contributed by atoms with Gasteiger partial charge in [-0.2, -0.15) is 0 Å². The lowest BCUT2D eigenvalue weighted by molar-refractivity contribution is -0.137. The maximum Gasteiger partial charge on any atom is 0.305 e. The van der Waals surface area contributed by atoms with Gasteiger partial charge in [-0.05, 0) is 35.9 Å². The minimum Gasteiger partial charge on any atom is -0.497 e. The number of Topliss-reactive ketones (excluding diaryl/α,β-unsaturated/α-hetero) is 1. The van der Waals surface area contributed by atoms with Gasteiger partial charge in [-0.25, -0.2) is 0 Å². The van der Waals surface area contributed by atoms with Crippen molar-refractivity contribution in [2.24, 2.45) is 0 Å². The Morgan fingerprint density at radius 3 is 2.55 bits per heavy atom. The third-order valence-corrected chi connectivity index (χ3v) is 4.09. The maximum atomic E-state index is 12.5. The smallest absolute Gasteiger partial charge is 0.305 e. The Bertz CT molecular complexity index is 963. The molecular weight excluding hydrogens is 378 g/mol. The normalized spacial score (nSPS) is 13.6. The summed E-state index contributed by atoms with van der Waals surface area (Å²) in [7, 11) is 1.58. The Hall–Kier alpha value is -3.81. The zero-order valence-corrected chi connectivity index (χ0v) is 15.6. The summed E-state index contributed by atoms with van der Waals surface area (Å²) in [6, 6.07) is 11.9. The second-order valence-electron chi connectivity index (χ2n) is 6.15. The van der Waals surface area contributed by atoms with Crippen LogP contribution in [0.1, 0.15) is 22.3 Å². The number of hydrogen-bond donors (Lipinski definition) is 2. The minimum atomic E-state index is -0.995. The number of rotatable bonds is 8. The molecule has 0 aromatic heterocycles. The van der Waals surface area contributed by atoms with Crippen molar-refractivity contribution in [1.82, 2.24) is 5.32 Å². The van der Waals surface area contributed by atoms with Crippen LogP contribution in [0.4, 0.5) is 0 Å². The monoisotopic (exact) mass is 397 g/mol. The van der Waals surface area contributed by atoms with E-state index in [-0.39, 0.29) is 31.1 Å². The standard InChI is InChI=1S/C21H19NO7/c1-27-14-4-2-13(3-5-14)10-18-21(26)16-7-6-15(11-17(16)29-18)28-12-19(23)22-9-8-20(24)25/h2-7,10-11H,8-9,12H2,1H3,(H,22,23)(H,24,25)/b18-10+. The van der Waals surface area contributed by atoms with Crippen LogP contribution < -0.4 is 19.5 Å². The topological polar surface area (TPSA) is 111 Å². The fourth-order valence-electron chi connectivity index (χ4n) is 2.62. The van der Waals surface area contributed by atoms with Crippen LogP contribution in [0.2, 0.25) is 0 Å². The number of ether oxygens (including phenoxy) is 3. The number of nitrogens with one attached hydrogen (secondary N) is 1. The molecule has 8 heteroatoms. The first-order valence-electron chi connectivity index (χ1n) is 8.80. The predicted octanol–water partition coefficient (Wildman–Crippen LogP) is 2.28. The van der Waals surface area contributed by atoms with E-state index >= 15 is 0 Å². The average molecular weight is 397 g/mol. The number of methoxy groups -OCH3 is 1. The van der Waals surface area contributed by atoms with Crippen LogP contribution in [0.25, 0.3) is 6.08 Å². The summed E-state index contributed by atoms with van der Waals surface area (Å²) in [5.41, 5.74) is 1.19. The van der Waals surface area contributed by atoms with Crippen molar-refractivity contribution >= 4 is 23.7 Å². The highest BCUT2D eigenvalue weighted by Crippen LogP contribution is 2.35. The predicted molar refractivity (Wildman–Crippen MR) is 103 cm³/mol. The van der Waals surface area contributed by atoms with Gasteiger partial charge in [0.1, 0.15) is 17.2 Å². The quantitative estimate of drug-likeness (QED) is 0.658. The molecule has 2 N–H and O–H groups in total. The second kappa shape index (κ2) is 8.92. The Morgan fingerprint density at radius 1 is 1.14 bits per heavy atom. The number of carbonyl (C=O) groups is 3. The summed E-state index contributed by atoms with van der Waals surface area (Å²) in [6.07, 6.45) is 1.47. The number of benzene rings is 2. The summed E-state index contributed by atoms with van der Waals surface area (Å²) in [5.74, 6) is -0.0754. The van der Waals surface area contributed by atoms with Crippen LogP contribution in [0.15, 0.2) is 48.2 Å². The van der Waals surface area contributed by atoms with Crippen molar-refractivity contribution in [3.05, 3.63) is 59.4 Å². The molecule has 0 aliphatic carbocycles. The number of ketones is 1. The zero-order valence-electron chi connectivity index (χ0n) is 15.6. The first-order valence-corrected chi connectivity index (χ1v) is 8.80. The molecule has 29 heavy (non-hydrogen) atoms. The summed E-state index contributed by atoms with van der Waals surface area (Å²) in [6.45, 7) is -0.250. The Labute approximate surface area is 166 Å². The molecule has 1 heterocycles. The van der Waals surface area contributed by atoms with Gasteiger partial charge in [-0.3, -0.25) is 14.4 Å². The van der Waals surface area contributed by atoms with Gasteiger partial charge in [-0.1, -0.05) is 12.1 Å². The zero-order chi connectivity index (χ0) is 20.8. The first kappa shape index (κ1) is 19.9. The van der Waals surface area contributed by atoms with Gasteiger partial charge in [0.15, 0.2) is 12.4 Å². The van der Waals surface area contributed by atoms with E-state index in [1.165, 1.54) is 6.07 Å². The van der Waals surface area contributed by atoms with E-state index in [9.17, 15) is 14.4 Å². The number of carboxylic acid groups (broad SMARTS) is 1. The summed E-state index contributed by atoms with van der Waals surface area (Å²) < 4.78 is 16.1. The van der Waals surface area contributed by atoms with E-state index in [1.54, 1.807) is 37.5 Å². The Kier molecular flexibility index (Phi) is 6.13. The van der Waals surface area contributed by atoms with E-state index in [0.717, 1.165) is 5.56 Å².